The molecule has 0 radical (unpaired) electrons. The van der Waals surface area contributed by atoms with Crippen LogP contribution in [0, 0.1) is 0 Å². The Morgan fingerprint density at radius 2 is 1.78 bits per heavy atom. The Kier molecular flexibility index (Phi) is 4.57. The number of nitrogens with zero attached hydrogens (tertiary/aromatic N) is 1. The minimum atomic E-state index is 0.239. The van der Waals surface area contributed by atoms with E-state index in [1.54, 1.807) is 30.3 Å². The van der Waals surface area contributed by atoms with E-state index in [1.807, 2.05) is 0 Å². The quantitative estimate of drug-likeness (QED) is 0.718. The lowest BCUT2D eigenvalue weighted by atomic mass is 10.3. The molecule has 2 rings (SSSR count). The zero-order valence-corrected chi connectivity index (χ0v) is 12.0. The molecule has 0 aliphatic rings. The molecule has 0 fully saturated rings. The third kappa shape index (κ3) is 3.21. The summed E-state index contributed by atoms with van der Waals surface area (Å²) in [6, 6.07) is 8.56. The molecular formula is C12H7Cl4NO. The lowest BCUT2D eigenvalue weighted by molar-refractivity contribution is 0.306. The van der Waals surface area contributed by atoms with E-state index in [1.165, 1.54) is 0 Å². The van der Waals surface area contributed by atoms with Crippen molar-refractivity contribution in [2.24, 2.45) is 0 Å². The van der Waals surface area contributed by atoms with Crippen molar-refractivity contribution in [3.63, 3.8) is 0 Å². The summed E-state index contributed by atoms with van der Waals surface area (Å²) >= 11 is 23.5. The Labute approximate surface area is 124 Å². The Balaban J connectivity index is 2.14. The summed E-state index contributed by atoms with van der Waals surface area (Å²) in [6.07, 6.45) is 0. The van der Waals surface area contributed by atoms with Crippen LogP contribution in [0.2, 0.25) is 20.4 Å². The average molecular weight is 323 g/mol. The summed E-state index contributed by atoms with van der Waals surface area (Å²) in [7, 11) is 0. The molecule has 0 unspecified atom stereocenters. The normalized spacial score (nSPS) is 10.4. The number of halogens is 4. The first-order chi connectivity index (χ1) is 8.58. The van der Waals surface area contributed by atoms with Crippen LogP contribution >= 0.6 is 46.4 Å². The third-order valence-electron chi connectivity index (χ3n) is 2.19. The second-order valence-electron chi connectivity index (χ2n) is 3.42. The molecule has 94 valence electrons. The molecule has 1 aromatic carbocycles. The van der Waals surface area contributed by atoms with Crippen LogP contribution < -0.4 is 4.74 Å². The van der Waals surface area contributed by atoms with Crippen molar-refractivity contribution in [3.8, 4) is 5.75 Å². The average Bonchev–Trinajstić information content (AvgIpc) is 2.33. The number of hydrogen-bond acceptors (Lipinski definition) is 2. The lowest BCUT2D eigenvalue weighted by Crippen LogP contribution is -1.98. The maximum Gasteiger partial charge on any atom is 0.139 e. The molecule has 1 aromatic heterocycles. The van der Waals surface area contributed by atoms with Gasteiger partial charge in [0.25, 0.3) is 0 Å². The Hall–Kier alpha value is -0.670. The van der Waals surface area contributed by atoms with E-state index in [2.05, 4.69) is 4.98 Å². The maximum absolute atomic E-state index is 6.00. The molecule has 2 aromatic rings. The smallest absolute Gasteiger partial charge is 0.139 e. The summed E-state index contributed by atoms with van der Waals surface area (Å²) in [5.41, 5.74) is 0.720. The first-order valence-corrected chi connectivity index (χ1v) is 6.47. The van der Waals surface area contributed by atoms with Crippen LogP contribution in [-0.4, -0.2) is 4.98 Å². The van der Waals surface area contributed by atoms with Crippen molar-refractivity contribution >= 4 is 46.4 Å². The van der Waals surface area contributed by atoms with Crippen molar-refractivity contribution in [3.05, 3.63) is 56.2 Å². The van der Waals surface area contributed by atoms with E-state index in [9.17, 15) is 0 Å². The van der Waals surface area contributed by atoms with Crippen LogP contribution in [0.1, 0.15) is 5.56 Å². The Morgan fingerprint density at radius 1 is 1.00 bits per heavy atom. The van der Waals surface area contributed by atoms with Gasteiger partial charge in [0, 0.05) is 5.56 Å². The van der Waals surface area contributed by atoms with Gasteiger partial charge in [0.2, 0.25) is 0 Å². The van der Waals surface area contributed by atoms with Gasteiger partial charge in [-0.15, -0.1) is 0 Å². The predicted molar refractivity (Wildman–Crippen MR) is 75.1 cm³/mol. The second-order valence-corrected chi connectivity index (χ2v) is 4.95. The molecule has 0 bridgehead atoms. The molecule has 2 nitrogen and oxygen atoms in total. The Bertz CT molecular complexity index is 574. The van der Waals surface area contributed by atoms with E-state index < -0.39 is 0 Å². The second kappa shape index (κ2) is 5.98. The van der Waals surface area contributed by atoms with Crippen LogP contribution in [0.25, 0.3) is 0 Å². The topological polar surface area (TPSA) is 22.1 Å². The minimum Gasteiger partial charge on any atom is -0.487 e. The van der Waals surface area contributed by atoms with E-state index in [-0.39, 0.29) is 6.61 Å². The Morgan fingerprint density at radius 3 is 2.50 bits per heavy atom. The van der Waals surface area contributed by atoms with Crippen LogP contribution in [0.4, 0.5) is 0 Å². The number of benzene rings is 1. The molecular weight excluding hydrogens is 316 g/mol. The van der Waals surface area contributed by atoms with Crippen LogP contribution in [-0.2, 0) is 6.61 Å². The summed E-state index contributed by atoms with van der Waals surface area (Å²) in [5, 5.41) is 1.46. The number of rotatable bonds is 3. The number of ether oxygens (including phenoxy) is 1. The molecule has 0 N–H and O–H groups in total. The summed E-state index contributed by atoms with van der Waals surface area (Å²) in [4.78, 5) is 3.92. The van der Waals surface area contributed by atoms with E-state index in [0.29, 0.717) is 26.1 Å². The fourth-order valence-corrected chi connectivity index (χ4v) is 2.05. The highest BCUT2D eigenvalue weighted by Gasteiger charge is 2.08. The van der Waals surface area contributed by atoms with Gasteiger partial charge in [-0.1, -0.05) is 52.5 Å². The molecule has 0 spiro atoms. The van der Waals surface area contributed by atoms with Crippen molar-refractivity contribution in [2.45, 2.75) is 6.61 Å². The van der Waals surface area contributed by atoms with Gasteiger partial charge in [-0.3, -0.25) is 0 Å². The molecule has 6 heteroatoms. The van der Waals surface area contributed by atoms with Gasteiger partial charge in [-0.25, -0.2) is 4.98 Å². The summed E-state index contributed by atoms with van der Waals surface area (Å²) < 4.78 is 5.54. The highest BCUT2D eigenvalue weighted by atomic mass is 35.5. The maximum atomic E-state index is 6.00. The monoisotopic (exact) mass is 321 g/mol. The number of hydrogen-bond donors (Lipinski definition) is 0. The van der Waals surface area contributed by atoms with Gasteiger partial charge in [0.15, 0.2) is 0 Å². The third-order valence-corrected chi connectivity index (χ3v) is 3.53. The lowest BCUT2D eigenvalue weighted by Gasteiger charge is -2.09. The molecule has 18 heavy (non-hydrogen) atoms. The summed E-state index contributed by atoms with van der Waals surface area (Å²) in [5.74, 6) is 0.496. The molecule has 0 aliphatic carbocycles. The molecule has 0 amide bonds. The standard InChI is InChI=1S/C12H7Cl4NO/c13-8-2-1-3-9(11(8)15)18-6-7-4-5-10(14)17-12(7)16/h1-5H,6H2. The van der Waals surface area contributed by atoms with Gasteiger partial charge in [0.1, 0.15) is 27.7 Å². The van der Waals surface area contributed by atoms with Crippen molar-refractivity contribution in [1.29, 1.82) is 0 Å². The largest absolute Gasteiger partial charge is 0.487 e. The number of aromatic nitrogens is 1. The summed E-state index contributed by atoms with van der Waals surface area (Å²) in [6.45, 7) is 0.239. The zero-order chi connectivity index (χ0) is 13.1. The van der Waals surface area contributed by atoms with Gasteiger partial charge in [-0.2, -0.15) is 0 Å². The van der Waals surface area contributed by atoms with Crippen molar-refractivity contribution in [2.75, 3.05) is 0 Å². The molecule has 0 saturated heterocycles. The van der Waals surface area contributed by atoms with Crippen LogP contribution in [0.3, 0.4) is 0 Å². The van der Waals surface area contributed by atoms with Crippen LogP contribution in [0.15, 0.2) is 30.3 Å². The first-order valence-electron chi connectivity index (χ1n) is 4.95. The van der Waals surface area contributed by atoms with Gasteiger partial charge in [-0.05, 0) is 24.3 Å². The van der Waals surface area contributed by atoms with Gasteiger partial charge in [0.05, 0.1) is 5.02 Å². The minimum absolute atomic E-state index is 0.239. The zero-order valence-electron chi connectivity index (χ0n) is 8.96. The SMILES string of the molecule is Clc1ccc(COc2cccc(Cl)c2Cl)c(Cl)n1. The molecule has 0 aliphatic heterocycles. The fourth-order valence-electron chi connectivity index (χ4n) is 1.30. The highest BCUT2D eigenvalue weighted by molar-refractivity contribution is 6.42. The molecule has 0 atom stereocenters. The molecule has 1 heterocycles. The van der Waals surface area contributed by atoms with Crippen molar-refractivity contribution < 1.29 is 4.74 Å². The van der Waals surface area contributed by atoms with Crippen LogP contribution in [0.5, 0.6) is 5.75 Å². The highest BCUT2D eigenvalue weighted by Crippen LogP contribution is 2.32. The first kappa shape index (κ1) is 13.8. The van der Waals surface area contributed by atoms with E-state index in [0.717, 1.165) is 5.56 Å². The van der Waals surface area contributed by atoms with Gasteiger partial charge >= 0.3 is 0 Å². The predicted octanol–water partition coefficient (Wildman–Crippen LogP) is 5.27. The number of pyridine rings is 1. The fraction of sp³-hybridized carbons (Fsp3) is 0.0833. The van der Waals surface area contributed by atoms with Crippen molar-refractivity contribution in [1.82, 2.24) is 4.98 Å². The van der Waals surface area contributed by atoms with E-state index in [4.69, 9.17) is 51.1 Å². The molecule has 0 saturated carbocycles. The van der Waals surface area contributed by atoms with E-state index >= 15 is 0 Å². The van der Waals surface area contributed by atoms with Gasteiger partial charge < -0.3 is 4.74 Å².